The standard InChI is InChI=1S/C90H173NO5/c1-3-5-7-9-11-13-15-17-19-21-23-43-47-50-54-58-62-66-70-74-78-82-88(93)87(86-92)91-89(94)83-79-75-71-67-63-59-55-51-48-44-41-39-37-35-33-31-29-27-25-24-26-28-30-32-34-36-38-40-42-45-49-53-57-61-65-69-73-77-81-85-96-90(95)84-80-76-72-68-64-60-56-52-46-22-20-18-16-14-12-10-8-6-4-2/h12,14,18,20,24-25,87-88,92-93H,3-11,13,15-17,19,21-23,26-86H2,1-2H3,(H,91,94)/b14-12-,20-18-,25-24-. The molecule has 0 aromatic rings. The van der Waals surface area contributed by atoms with Gasteiger partial charge in [-0.15, -0.1) is 0 Å². The fourth-order valence-corrected chi connectivity index (χ4v) is 14.2. The number of aliphatic hydroxyl groups excluding tert-OH is 2. The normalized spacial score (nSPS) is 12.6. The van der Waals surface area contributed by atoms with Crippen molar-refractivity contribution in [3.63, 3.8) is 0 Å². The molecule has 0 radical (unpaired) electrons. The summed E-state index contributed by atoms with van der Waals surface area (Å²) in [7, 11) is 0. The minimum absolute atomic E-state index is 0.0197. The molecule has 0 aliphatic heterocycles. The summed E-state index contributed by atoms with van der Waals surface area (Å²) in [5.41, 5.74) is 0. The zero-order chi connectivity index (χ0) is 69.1. The molecule has 0 aliphatic rings. The summed E-state index contributed by atoms with van der Waals surface area (Å²) < 4.78 is 5.52. The van der Waals surface area contributed by atoms with Crippen molar-refractivity contribution in [2.24, 2.45) is 0 Å². The molecule has 0 heterocycles. The van der Waals surface area contributed by atoms with Crippen LogP contribution in [0.1, 0.15) is 502 Å². The maximum Gasteiger partial charge on any atom is 0.305 e. The van der Waals surface area contributed by atoms with Crippen molar-refractivity contribution in [1.82, 2.24) is 5.32 Å². The highest BCUT2D eigenvalue weighted by molar-refractivity contribution is 5.76. The molecule has 0 bridgehead atoms. The highest BCUT2D eigenvalue weighted by Gasteiger charge is 2.20. The van der Waals surface area contributed by atoms with Gasteiger partial charge in [0.05, 0.1) is 25.4 Å². The van der Waals surface area contributed by atoms with Crippen LogP contribution in [0.2, 0.25) is 0 Å². The van der Waals surface area contributed by atoms with Gasteiger partial charge in [0, 0.05) is 12.8 Å². The first-order chi connectivity index (χ1) is 47.5. The number of rotatable bonds is 84. The molecule has 6 nitrogen and oxygen atoms in total. The van der Waals surface area contributed by atoms with E-state index in [4.69, 9.17) is 4.74 Å². The minimum atomic E-state index is -0.662. The number of hydrogen-bond donors (Lipinski definition) is 3. The van der Waals surface area contributed by atoms with Gasteiger partial charge < -0.3 is 20.3 Å². The Bertz CT molecular complexity index is 1560. The number of ether oxygens (including phenoxy) is 1. The minimum Gasteiger partial charge on any atom is -0.466 e. The lowest BCUT2D eigenvalue weighted by Crippen LogP contribution is -2.45. The third-order valence-corrected chi connectivity index (χ3v) is 20.9. The van der Waals surface area contributed by atoms with Gasteiger partial charge in [-0.3, -0.25) is 9.59 Å². The lowest BCUT2D eigenvalue weighted by Gasteiger charge is -2.22. The number of nitrogens with one attached hydrogen (secondary N) is 1. The van der Waals surface area contributed by atoms with Crippen molar-refractivity contribution in [2.75, 3.05) is 13.2 Å². The predicted molar refractivity (Wildman–Crippen MR) is 426 cm³/mol. The fourth-order valence-electron chi connectivity index (χ4n) is 14.2. The van der Waals surface area contributed by atoms with Gasteiger partial charge in [0.1, 0.15) is 0 Å². The maximum atomic E-state index is 12.6. The van der Waals surface area contributed by atoms with E-state index in [1.165, 1.54) is 424 Å². The molecule has 2 unspecified atom stereocenters. The molecule has 0 aliphatic carbocycles. The first-order valence-electron chi connectivity index (χ1n) is 44.2. The second kappa shape index (κ2) is 85.5. The number of esters is 1. The molecule has 0 saturated heterocycles. The van der Waals surface area contributed by atoms with Gasteiger partial charge in [0.15, 0.2) is 0 Å². The Labute approximate surface area is 602 Å². The van der Waals surface area contributed by atoms with Crippen LogP contribution in [-0.4, -0.2) is 47.4 Å². The van der Waals surface area contributed by atoms with E-state index in [1.54, 1.807) is 0 Å². The molecule has 0 saturated carbocycles. The molecule has 6 heteroatoms. The Morgan fingerprint density at radius 2 is 0.521 bits per heavy atom. The molecule has 568 valence electrons. The smallest absolute Gasteiger partial charge is 0.305 e. The number of allylic oxidation sites excluding steroid dienone is 6. The Kier molecular flexibility index (Phi) is 83.8. The first-order valence-corrected chi connectivity index (χ1v) is 44.2. The van der Waals surface area contributed by atoms with Crippen molar-refractivity contribution < 1.29 is 24.5 Å². The molecular weight excluding hydrogens is 1170 g/mol. The van der Waals surface area contributed by atoms with Crippen LogP contribution in [-0.2, 0) is 14.3 Å². The first kappa shape index (κ1) is 94.1. The predicted octanol–water partition coefficient (Wildman–Crippen LogP) is 29.7. The van der Waals surface area contributed by atoms with Crippen LogP contribution >= 0.6 is 0 Å². The number of unbranched alkanes of at least 4 members (excludes halogenated alkanes) is 67. The summed E-state index contributed by atoms with van der Waals surface area (Å²) in [6, 6.07) is -0.539. The summed E-state index contributed by atoms with van der Waals surface area (Å²) in [6.07, 6.45) is 113. The number of hydrogen-bond acceptors (Lipinski definition) is 5. The Morgan fingerprint density at radius 1 is 0.292 bits per heavy atom. The van der Waals surface area contributed by atoms with Crippen LogP contribution < -0.4 is 5.32 Å². The van der Waals surface area contributed by atoms with Crippen LogP contribution in [0.15, 0.2) is 36.5 Å². The average Bonchev–Trinajstić information content (AvgIpc) is 3.22. The van der Waals surface area contributed by atoms with Crippen molar-refractivity contribution in [2.45, 2.75) is 514 Å². The lowest BCUT2D eigenvalue weighted by molar-refractivity contribution is -0.143. The largest absolute Gasteiger partial charge is 0.466 e. The number of carbonyl (C=O) groups excluding carboxylic acids is 2. The van der Waals surface area contributed by atoms with E-state index in [1.807, 2.05) is 0 Å². The fraction of sp³-hybridized carbons (Fsp3) is 0.911. The van der Waals surface area contributed by atoms with Crippen molar-refractivity contribution in [3.05, 3.63) is 36.5 Å². The molecule has 96 heavy (non-hydrogen) atoms. The number of carbonyl (C=O) groups is 2. The third kappa shape index (κ3) is 81.0. The van der Waals surface area contributed by atoms with E-state index in [9.17, 15) is 19.8 Å². The highest BCUT2D eigenvalue weighted by Crippen LogP contribution is 2.21. The van der Waals surface area contributed by atoms with Crippen LogP contribution in [0.5, 0.6) is 0 Å². The Balaban J connectivity index is 3.32. The maximum absolute atomic E-state index is 12.6. The van der Waals surface area contributed by atoms with Crippen LogP contribution in [0, 0.1) is 0 Å². The van der Waals surface area contributed by atoms with Crippen LogP contribution in [0.4, 0.5) is 0 Å². The van der Waals surface area contributed by atoms with Gasteiger partial charge >= 0.3 is 5.97 Å². The lowest BCUT2D eigenvalue weighted by atomic mass is 10.0. The highest BCUT2D eigenvalue weighted by atomic mass is 16.5. The van der Waals surface area contributed by atoms with Crippen molar-refractivity contribution >= 4 is 11.9 Å². The monoisotopic (exact) mass is 1350 g/mol. The van der Waals surface area contributed by atoms with Gasteiger partial charge in [-0.2, -0.15) is 0 Å². The van der Waals surface area contributed by atoms with Gasteiger partial charge in [0.25, 0.3) is 0 Å². The van der Waals surface area contributed by atoms with E-state index in [2.05, 4.69) is 55.6 Å². The summed E-state index contributed by atoms with van der Waals surface area (Å²) in [5, 5.41) is 23.5. The number of amides is 1. The number of aliphatic hydroxyl groups is 2. The van der Waals surface area contributed by atoms with Gasteiger partial charge in [-0.25, -0.2) is 0 Å². The molecule has 0 aromatic carbocycles. The second-order valence-corrected chi connectivity index (χ2v) is 30.6. The van der Waals surface area contributed by atoms with E-state index in [0.29, 0.717) is 25.9 Å². The van der Waals surface area contributed by atoms with Crippen LogP contribution in [0.25, 0.3) is 0 Å². The second-order valence-electron chi connectivity index (χ2n) is 30.6. The van der Waals surface area contributed by atoms with Crippen LogP contribution in [0.3, 0.4) is 0 Å². The summed E-state index contributed by atoms with van der Waals surface area (Å²) in [5.74, 6) is -0.00532. The van der Waals surface area contributed by atoms with E-state index < -0.39 is 12.1 Å². The van der Waals surface area contributed by atoms with Crippen molar-refractivity contribution in [3.8, 4) is 0 Å². The molecule has 3 N–H and O–H groups in total. The van der Waals surface area contributed by atoms with Crippen molar-refractivity contribution in [1.29, 1.82) is 0 Å². The summed E-state index contributed by atoms with van der Waals surface area (Å²) >= 11 is 0. The molecule has 0 aromatic heterocycles. The zero-order valence-electron chi connectivity index (χ0n) is 65.4. The summed E-state index contributed by atoms with van der Waals surface area (Å²) in [4.78, 5) is 24.7. The SMILES string of the molecule is CCCCC/C=C\C/C=C\CCCCCCCCCCCC(=O)OCCCCCCCCCCCCCCCCCCCC/C=C\CCCCCCCCCCCCCCCCCCCC(=O)NC(CO)C(O)CCCCCCCCCCCCCCCCCCCCCCC. The molecule has 0 rings (SSSR count). The topological polar surface area (TPSA) is 95.9 Å². The van der Waals surface area contributed by atoms with E-state index in [-0.39, 0.29) is 18.5 Å². The third-order valence-electron chi connectivity index (χ3n) is 20.9. The summed E-state index contributed by atoms with van der Waals surface area (Å²) in [6.45, 7) is 4.99. The zero-order valence-corrected chi connectivity index (χ0v) is 65.4. The Morgan fingerprint density at radius 3 is 0.823 bits per heavy atom. The molecule has 2 atom stereocenters. The average molecular weight is 1350 g/mol. The quantitative estimate of drug-likeness (QED) is 0.0320. The molecule has 0 spiro atoms. The van der Waals surface area contributed by atoms with E-state index >= 15 is 0 Å². The van der Waals surface area contributed by atoms with Gasteiger partial charge in [0.2, 0.25) is 5.91 Å². The van der Waals surface area contributed by atoms with Gasteiger partial charge in [-0.1, -0.05) is 442 Å². The molecular formula is C90H173NO5. The molecule has 1 amide bonds. The Hall–Kier alpha value is -1.92. The van der Waals surface area contributed by atoms with E-state index in [0.717, 1.165) is 44.9 Å². The molecule has 0 fully saturated rings. The van der Waals surface area contributed by atoms with Gasteiger partial charge in [-0.05, 0) is 83.5 Å².